The number of rotatable bonds is 4. The Labute approximate surface area is 149 Å². The number of aliphatic hydroxyl groups excluding tert-OH is 1. The number of ketones is 1. The number of hydrogen-bond acceptors (Lipinski definition) is 5. The molecule has 0 bridgehead atoms. The lowest BCUT2D eigenvalue weighted by Crippen LogP contribution is -2.28. The highest BCUT2D eigenvalue weighted by Gasteiger charge is 2.47. The molecule has 1 N–H and O–H groups in total. The zero-order valence-electron chi connectivity index (χ0n) is 13.7. The fraction of sp³-hybridized carbons (Fsp3) is 0.100. The van der Waals surface area contributed by atoms with Crippen LogP contribution in [0.1, 0.15) is 23.1 Å². The molecule has 130 valence electrons. The zero-order valence-corrected chi connectivity index (χ0v) is 13.7. The number of carbonyl (C=O) groups is 2. The second kappa shape index (κ2) is 6.40. The first-order valence-electron chi connectivity index (χ1n) is 8.06. The van der Waals surface area contributed by atoms with Crippen molar-refractivity contribution in [2.75, 3.05) is 0 Å². The van der Waals surface area contributed by atoms with Gasteiger partial charge in [0, 0.05) is 5.56 Å². The van der Waals surface area contributed by atoms with Crippen LogP contribution in [0.5, 0.6) is 0 Å². The highest BCUT2D eigenvalue weighted by molar-refractivity contribution is 6.46. The predicted molar refractivity (Wildman–Crippen MR) is 91.7 cm³/mol. The van der Waals surface area contributed by atoms with E-state index in [-0.39, 0.29) is 17.9 Å². The van der Waals surface area contributed by atoms with E-state index in [1.54, 1.807) is 54.6 Å². The number of Topliss-reactive ketones (excluding diaryl/α,β-unsaturated/α-hetero) is 1. The normalized spacial score (nSPS) is 19.2. The first kappa shape index (κ1) is 16.0. The van der Waals surface area contributed by atoms with E-state index in [2.05, 4.69) is 0 Å². The summed E-state index contributed by atoms with van der Waals surface area (Å²) in [5, 5.41) is 10.7. The van der Waals surface area contributed by atoms with Crippen LogP contribution < -0.4 is 0 Å². The van der Waals surface area contributed by atoms with Crippen molar-refractivity contribution in [2.45, 2.75) is 12.6 Å². The maximum Gasteiger partial charge on any atom is 0.296 e. The number of benzene rings is 1. The molecule has 2 aromatic heterocycles. The molecule has 1 aliphatic rings. The summed E-state index contributed by atoms with van der Waals surface area (Å²) in [7, 11) is 0. The molecule has 0 aliphatic carbocycles. The SMILES string of the molecule is O=C1C(=O)N(Cc2ccco2)C(c2ccco2)/C1=C(/O)c1ccccc1. The molecule has 6 heteroatoms. The number of hydrogen-bond donors (Lipinski definition) is 1. The minimum atomic E-state index is -0.824. The molecule has 3 heterocycles. The lowest BCUT2D eigenvalue weighted by molar-refractivity contribution is -0.140. The Morgan fingerprint density at radius 2 is 1.69 bits per heavy atom. The fourth-order valence-corrected chi connectivity index (χ4v) is 3.11. The van der Waals surface area contributed by atoms with E-state index in [9.17, 15) is 14.7 Å². The second-order valence-electron chi connectivity index (χ2n) is 5.89. The van der Waals surface area contributed by atoms with E-state index in [1.165, 1.54) is 17.4 Å². The van der Waals surface area contributed by atoms with Crippen LogP contribution in [0.25, 0.3) is 5.76 Å². The van der Waals surface area contributed by atoms with Gasteiger partial charge in [0.2, 0.25) is 0 Å². The average molecular weight is 349 g/mol. The quantitative estimate of drug-likeness (QED) is 0.443. The van der Waals surface area contributed by atoms with E-state index < -0.39 is 17.7 Å². The molecule has 1 aromatic carbocycles. The maximum absolute atomic E-state index is 12.7. The molecule has 1 amide bonds. The van der Waals surface area contributed by atoms with Gasteiger partial charge >= 0.3 is 0 Å². The zero-order chi connectivity index (χ0) is 18.1. The minimum absolute atomic E-state index is 0.00251. The molecule has 6 nitrogen and oxygen atoms in total. The third-order valence-electron chi connectivity index (χ3n) is 4.31. The number of amides is 1. The van der Waals surface area contributed by atoms with Crippen LogP contribution in [0.15, 0.2) is 81.5 Å². The van der Waals surface area contributed by atoms with E-state index in [1.807, 2.05) is 0 Å². The first-order chi connectivity index (χ1) is 12.7. The molecule has 1 atom stereocenters. The number of furan rings is 2. The Morgan fingerprint density at radius 3 is 2.35 bits per heavy atom. The second-order valence-corrected chi connectivity index (χ2v) is 5.89. The van der Waals surface area contributed by atoms with Gasteiger partial charge in [0.1, 0.15) is 23.3 Å². The van der Waals surface area contributed by atoms with Gasteiger partial charge in [-0.25, -0.2) is 0 Å². The maximum atomic E-state index is 12.7. The lowest BCUT2D eigenvalue weighted by atomic mass is 9.99. The van der Waals surface area contributed by atoms with Gasteiger partial charge in [0.05, 0.1) is 24.6 Å². The van der Waals surface area contributed by atoms with Crippen LogP contribution >= 0.6 is 0 Å². The largest absolute Gasteiger partial charge is 0.507 e. The van der Waals surface area contributed by atoms with Gasteiger partial charge in [-0.3, -0.25) is 9.59 Å². The number of carbonyl (C=O) groups excluding carboxylic acids is 2. The van der Waals surface area contributed by atoms with Gasteiger partial charge in [-0.15, -0.1) is 0 Å². The van der Waals surface area contributed by atoms with Gasteiger partial charge in [-0.05, 0) is 24.3 Å². The fourth-order valence-electron chi connectivity index (χ4n) is 3.11. The number of aliphatic hydroxyl groups is 1. The summed E-state index contributed by atoms with van der Waals surface area (Å²) in [5.74, 6) is -0.761. The van der Waals surface area contributed by atoms with E-state index in [0.29, 0.717) is 17.1 Å². The van der Waals surface area contributed by atoms with Gasteiger partial charge in [0.25, 0.3) is 11.7 Å². The van der Waals surface area contributed by atoms with Crippen molar-refractivity contribution < 1.29 is 23.5 Å². The Morgan fingerprint density at radius 1 is 0.962 bits per heavy atom. The van der Waals surface area contributed by atoms with Crippen LogP contribution in [0.3, 0.4) is 0 Å². The predicted octanol–water partition coefficient (Wildman–Crippen LogP) is 3.49. The molecule has 1 saturated heterocycles. The summed E-state index contributed by atoms with van der Waals surface area (Å²) in [4.78, 5) is 26.7. The molecule has 0 spiro atoms. The number of likely N-dealkylation sites (tertiary alicyclic amines) is 1. The smallest absolute Gasteiger partial charge is 0.296 e. The number of nitrogens with zero attached hydrogens (tertiary/aromatic N) is 1. The first-order valence-corrected chi connectivity index (χ1v) is 8.06. The topological polar surface area (TPSA) is 83.9 Å². The van der Waals surface area contributed by atoms with Crippen molar-refractivity contribution in [3.63, 3.8) is 0 Å². The van der Waals surface area contributed by atoms with Crippen molar-refractivity contribution in [1.82, 2.24) is 4.90 Å². The van der Waals surface area contributed by atoms with Gasteiger partial charge in [-0.1, -0.05) is 30.3 Å². The summed E-state index contributed by atoms with van der Waals surface area (Å²) in [6.07, 6.45) is 2.96. The van der Waals surface area contributed by atoms with Crippen molar-refractivity contribution in [1.29, 1.82) is 0 Å². The van der Waals surface area contributed by atoms with Crippen LogP contribution in [0.4, 0.5) is 0 Å². The Balaban J connectivity index is 1.84. The highest BCUT2D eigenvalue weighted by Crippen LogP contribution is 2.40. The van der Waals surface area contributed by atoms with Crippen LogP contribution in [-0.2, 0) is 16.1 Å². The lowest BCUT2D eigenvalue weighted by Gasteiger charge is -2.22. The Bertz CT molecular complexity index is 955. The minimum Gasteiger partial charge on any atom is -0.507 e. The Hall–Kier alpha value is -3.54. The van der Waals surface area contributed by atoms with E-state index in [4.69, 9.17) is 8.83 Å². The summed E-state index contributed by atoms with van der Waals surface area (Å²) >= 11 is 0. The molecule has 0 radical (unpaired) electrons. The van der Waals surface area contributed by atoms with Crippen molar-refractivity contribution in [3.05, 3.63) is 89.8 Å². The van der Waals surface area contributed by atoms with Gasteiger partial charge in [-0.2, -0.15) is 0 Å². The molecule has 0 saturated carbocycles. The summed E-state index contributed by atoms with van der Waals surface area (Å²) in [6, 6.07) is 14.6. The Kier molecular flexibility index (Phi) is 3.93. The standard InChI is InChI=1S/C20H15NO5/c22-18(13-6-2-1-3-7-13)16-17(15-9-5-11-26-15)21(20(24)19(16)23)12-14-8-4-10-25-14/h1-11,17,22H,12H2/b18-16-. The van der Waals surface area contributed by atoms with Gasteiger partial charge < -0.3 is 18.8 Å². The van der Waals surface area contributed by atoms with Crippen molar-refractivity contribution >= 4 is 17.4 Å². The average Bonchev–Trinajstić information content (AvgIpc) is 3.41. The van der Waals surface area contributed by atoms with E-state index in [0.717, 1.165) is 0 Å². The van der Waals surface area contributed by atoms with Crippen LogP contribution in [-0.4, -0.2) is 21.7 Å². The molecule has 26 heavy (non-hydrogen) atoms. The molecular weight excluding hydrogens is 334 g/mol. The third-order valence-corrected chi connectivity index (χ3v) is 4.31. The summed E-state index contributed by atoms with van der Waals surface area (Å²) in [5.41, 5.74) is 0.461. The molecule has 3 aromatic rings. The van der Waals surface area contributed by atoms with Crippen molar-refractivity contribution in [2.24, 2.45) is 0 Å². The molecular formula is C20H15NO5. The van der Waals surface area contributed by atoms with Crippen molar-refractivity contribution in [3.8, 4) is 0 Å². The third kappa shape index (κ3) is 2.61. The van der Waals surface area contributed by atoms with Crippen LogP contribution in [0, 0.1) is 0 Å². The van der Waals surface area contributed by atoms with E-state index >= 15 is 0 Å². The van der Waals surface area contributed by atoms with Gasteiger partial charge in [0.15, 0.2) is 0 Å². The highest BCUT2D eigenvalue weighted by atomic mass is 16.3. The van der Waals surface area contributed by atoms with Crippen LogP contribution in [0.2, 0.25) is 0 Å². The summed E-state index contributed by atoms with van der Waals surface area (Å²) in [6.45, 7) is 0.0918. The molecule has 4 rings (SSSR count). The summed E-state index contributed by atoms with van der Waals surface area (Å²) < 4.78 is 10.8. The monoisotopic (exact) mass is 349 g/mol. The molecule has 1 fully saturated rings. The molecule has 1 unspecified atom stereocenters. The molecule has 1 aliphatic heterocycles.